The van der Waals surface area contributed by atoms with E-state index in [1.807, 2.05) is 0 Å². The summed E-state index contributed by atoms with van der Waals surface area (Å²) in [5, 5.41) is 0. The van der Waals surface area contributed by atoms with Crippen LogP contribution in [0.15, 0.2) is 18.3 Å². The Morgan fingerprint density at radius 2 is 1.75 bits per heavy atom. The quantitative estimate of drug-likeness (QED) is 0.818. The Balaban J connectivity index is 0.00000225. The van der Waals surface area contributed by atoms with Crippen molar-refractivity contribution in [3.8, 4) is 0 Å². The summed E-state index contributed by atoms with van der Waals surface area (Å²) < 4.78 is 62.6. The lowest BCUT2D eigenvalue weighted by atomic mass is 10.1. The van der Waals surface area contributed by atoms with Crippen LogP contribution in [0, 0.1) is 0 Å². The number of hydrogen-bond donors (Lipinski definition) is 1. The van der Waals surface area contributed by atoms with E-state index in [0.717, 1.165) is 10.6 Å². The van der Waals surface area contributed by atoms with Gasteiger partial charge in [0.1, 0.15) is 6.04 Å². The summed E-state index contributed by atoms with van der Waals surface area (Å²) in [6.07, 6.45) is -4.29. The molecule has 0 saturated carbocycles. The van der Waals surface area contributed by atoms with E-state index in [-0.39, 0.29) is 18.1 Å². The highest BCUT2D eigenvalue weighted by molar-refractivity contribution is 5.85. The summed E-state index contributed by atoms with van der Waals surface area (Å²) in [7, 11) is 1.35. The Morgan fingerprint density at radius 1 is 1.25 bits per heavy atom. The van der Waals surface area contributed by atoms with Gasteiger partial charge in [0.25, 0.3) is 0 Å². The van der Waals surface area contributed by atoms with Crippen molar-refractivity contribution in [2.24, 2.45) is 12.8 Å². The molecule has 1 heterocycles. The number of rotatable bonds is 2. The fourth-order valence-electron chi connectivity index (χ4n) is 1.16. The van der Waals surface area contributed by atoms with E-state index >= 15 is 0 Å². The molecule has 0 fully saturated rings. The molecular weight excluding hydrogens is 255 g/mol. The van der Waals surface area contributed by atoms with Crippen LogP contribution >= 0.6 is 12.4 Å². The fourth-order valence-corrected chi connectivity index (χ4v) is 1.16. The molecule has 1 aromatic rings. The smallest absolute Gasteiger partial charge is 0.353 e. The van der Waals surface area contributed by atoms with E-state index in [4.69, 9.17) is 5.73 Å². The Labute approximate surface area is 94.6 Å². The van der Waals surface area contributed by atoms with Gasteiger partial charge in [-0.3, -0.25) is 0 Å². The topological polar surface area (TPSA) is 30.9 Å². The van der Waals surface area contributed by atoms with Crippen LogP contribution in [0.3, 0.4) is 0 Å². The van der Waals surface area contributed by atoms with Crippen molar-refractivity contribution in [3.63, 3.8) is 0 Å². The average Bonchev–Trinajstić information content (AvgIpc) is 2.48. The van der Waals surface area contributed by atoms with Crippen molar-refractivity contribution in [2.75, 3.05) is 0 Å². The zero-order valence-corrected chi connectivity index (χ0v) is 8.95. The lowest BCUT2D eigenvalue weighted by molar-refractivity contribution is -0.291. The van der Waals surface area contributed by atoms with E-state index < -0.39 is 18.1 Å². The van der Waals surface area contributed by atoms with Gasteiger partial charge in [-0.2, -0.15) is 22.0 Å². The standard InChI is InChI=1S/C8H9F5N2.ClH/c1-15-4-2-3-5(15)6(14)7(9,10)8(11,12)13;/h2-4,6H,14H2,1H3;1H/t6-;/m1./s1. The van der Waals surface area contributed by atoms with Gasteiger partial charge in [-0.1, -0.05) is 0 Å². The molecule has 8 heteroatoms. The van der Waals surface area contributed by atoms with Gasteiger partial charge >= 0.3 is 12.1 Å². The first-order valence-electron chi connectivity index (χ1n) is 3.99. The highest BCUT2D eigenvalue weighted by Crippen LogP contribution is 2.43. The molecular formula is C8H10ClF5N2. The minimum Gasteiger partial charge on any atom is -0.353 e. The summed E-state index contributed by atoms with van der Waals surface area (Å²) >= 11 is 0. The zero-order valence-electron chi connectivity index (χ0n) is 8.13. The summed E-state index contributed by atoms with van der Waals surface area (Å²) in [5.74, 6) is -4.93. The van der Waals surface area contributed by atoms with Gasteiger partial charge in [-0.15, -0.1) is 12.4 Å². The Morgan fingerprint density at radius 3 is 2.06 bits per heavy atom. The molecule has 94 valence electrons. The predicted octanol–water partition coefficient (Wildman–Crippen LogP) is 2.64. The average molecular weight is 265 g/mol. The third-order valence-corrected chi connectivity index (χ3v) is 2.07. The van der Waals surface area contributed by atoms with E-state index in [2.05, 4.69) is 0 Å². The van der Waals surface area contributed by atoms with E-state index in [1.165, 1.54) is 19.3 Å². The Bertz CT molecular complexity index is 346. The number of halogens is 6. The molecule has 1 rings (SSSR count). The molecule has 2 N–H and O–H groups in total. The number of aryl methyl sites for hydroxylation is 1. The van der Waals surface area contributed by atoms with Crippen molar-refractivity contribution in [1.29, 1.82) is 0 Å². The Hall–Kier alpha value is -0.820. The van der Waals surface area contributed by atoms with Crippen molar-refractivity contribution in [3.05, 3.63) is 24.0 Å². The van der Waals surface area contributed by atoms with Crippen molar-refractivity contribution in [1.82, 2.24) is 4.57 Å². The number of alkyl halides is 5. The van der Waals surface area contributed by atoms with Crippen LogP contribution in [0.5, 0.6) is 0 Å². The monoisotopic (exact) mass is 264 g/mol. The second-order valence-electron chi connectivity index (χ2n) is 3.14. The SMILES string of the molecule is Cl.Cn1cccc1[C@@H](N)C(F)(F)C(F)(F)F. The van der Waals surface area contributed by atoms with Crippen LogP contribution in [0.4, 0.5) is 22.0 Å². The molecule has 0 aromatic carbocycles. The van der Waals surface area contributed by atoms with Gasteiger partial charge in [0.05, 0.1) is 0 Å². The largest absolute Gasteiger partial charge is 0.455 e. The molecule has 0 amide bonds. The van der Waals surface area contributed by atoms with Crippen molar-refractivity contribution in [2.45, 2.75) is 18.1 Å². The van der Waals surface area contributed by atoms with E-state index in [0.29, 0.717) is 0 Å². The third-order valence-electron chi connectivity index (χ3n) is 2.07. The first-order valence-corrected chi connectivity index (χ1v) is 3.99. The summed E-state index contributed by atoms with van der Waals surface area (Å²) in [4.78, 5) is 0. The maximum atomic E-state index is 12.8. The molecule has 0 unspecified atom stereocenters. The molecule has 0 radical (unpaired) electrons. The number of aromatic nitrogens is 1. The van der Waals surface area contributed by atoms with Gasteiger partial charge in [0.15, 0.2) is 0 Å². The zero-order chi connectivity index (χ0) is 11.9. The molecule has 0 spiro atoms. The number of hydrogen-bond acceptors (Lipinski definition) is 1. The molecule has 1 aromatic heterocycles. The fraction of sp³-hybridized carbons (Fsp3) is 0.500. The summed E-state index contributed by atoms with van der Waals surface area (Å²) in [5.41, 5.74) is 4.65. The third kappa shape index (κ3) is 2.46. The van der Waals surface area contributed by atoms with Gasteiger partial charge < -0.3 is 10.3 Å². The lowest BCUT2D eigenvalue weighted by Gasteiger charge is -2.26. The van der Waals surface area contributed by atoms with Gasteiger partial charge in [0, 0.05) is 18.9 Å². The Kier molecular flexibility index (Phi) is 4.35. The molecule has 0 aliphatic heterocycles. The minimum atomic E-state index is -5.64. The van der Waals surface area contributed by atoms with Crippen LogP contribution < -0.4 is 5.73 Å². The van der Waals surface area contributed by atoms with Gasteiger partial charge in [0.2, 0.25) is 0 Å². The maximum absolute atomic E-state index is 12.8. The van der Waals surface area contributed by atoms with Crippen LogP contribution in [0.25, 0.3) is 0 Å². The molecule has 0 aliphatic carbocycles. The molecule has 0 bridgehead atoms. The second-order valence-corrected chi connectivity index (χ2v) is 3.14. The lowest BCUT2D eigenvalue weighted by Crippen LogP contribution is -2.46. The molecule has 0 aliphatic rings. The van der Waals surface area contributed by atoms with Crippen LogP contribution in [0.2, 0.25) is 0 Å². The van der Waals surface area contributed by atoms with Crippen LogP contribution in [-0.4, -0.2) is 16.7 Å². The first-order chi connectivity index (χ1) is 6.68. The molecule has 2 nitrogen and oxygen atoms in total. The summed E-state index contributed by atoms with van der Waals surface area (Å²) in [6.45, 7) is 0. The van der Waals surface area contributed by atoms with Crippen LogP contribution in [0.1, 0.15) is 11.7 Å². The van der Waals surface area contributed by atoms with Gasteiger partial charge in [-0.25, -0.2) is 0 Å². The van der Waals surface area contributed by atoms with E-state index in [9.17, 15) is 22.0 Å². The van der Waals surface area contributed by atoms with Crippen molar-refractivity contribution >= 4 is 12.4 Å². The second kappa shape index (κ2) is 4.58. The molecule has 1 atom stereocenters. The maximum Gasteiger partial charge on any atom is 0.455 e. The number of nitrogens with zero attached hydrogens (tertiary/aromatic N) is 1. The molecule has 16 heavy (non-hydrogen) atoms. The number of nitrogens with two attached hydrogens (primary N) is 1. The predicted molar refractivity (Wildman–Crippen MR) is 50.6 cm³/mol. The first kappa shape index (κ1) is 15.2. The normalized spacial score (nSPS) is 14.4. The van der Waals surface area contributed by atoms with Crippen molar-refractivity contribution < 1.29 is 22.0 Å². The highest BCUT2D eigenvalue weighted by Gasteiger charge is 2.62. The minimum absolute atomic E-state index is 0. The van der Waals surface area contributed by atoms with E-state index in [1.54, 1.807) is 0 Å². The molecule has 0 saturated heterocycles. The van der Waals surface area contributed by atoms with Crippen LogP contribution in [-0.2, 0) is 7.05 Å². The van der Waals surface area contributed by atoms with Gasteiger partial charge in [-0.05, 0) is 12.1 Å². The highest BCUT2D eigenvalue weighted by atomic mass is 35.5. The summed E-state index contributed by atoms with van der Waals surface area (Å²) in [6, 6.07) is 0.0869.